The first-order valence-electron chi connectivity index (χ1n) is 8.38. The molecule has 0 aromatic rings. The van der Waals surface area contributed by atoms with Crippen LogP contribution in [0.4, 0.5) is 0 Å². The maximum absolute atomic E-state index is 12.8. The van der Waals surface area contributed by atoms with Crippen LogP contribution in [0.1, 0.15) is 19.3 Å². The fourth-order valence-electron chi connectivity index (χ4n) is 3.21. The summed E-state index contributed by atoms with van der Waals surface area (Å²) in [7, 11) is -1.16. The minimum atomic E-state index is -3.22. The summed E-state index contributed by atoms with van der Waals surface area (Å²) in [5, 5.41) is 0. The highest BCUT2D eigenvalue weighted by atomic mass is 32.2. The number of ether oxygens (including phenoxy) is 2. The molecule has 0 radical (unpaired) electrons. The van der Waals surface area contributed by atoms with Gasteiger partial charge >= 0.3 is 0 Å². The summed E-state index contributed by atoms with van der Waals surface area (Å²) >= 11 is 0. The maximum Gasteiger partial charge on any atom is 0.214 e. The Morgan fingerprint density at radius 2 is 1.95 bits per heavy atom. The summed E-state index contributed by atoms with van der Waals surface area (Å²) in [5.41, 5.74) is 0. The third-order valence-corrected chi connectivity index (χ3v) is 6.75. The lowest BCUT2D eigenvalue weighted by Gasteiger charge is -2.33. The Morgan fingerprint density at radius 3 is 2.59 bits per heavy atom. The van der Waals surface area contributed by atoms with Gasteiger partial charge in [-0.05, 0) is 38.1 Å². The van der Waals surface area contributed by atoms with E-state index in [1.165, 1.54) is 0 Å². The highest BCUT2D eigenvalue weighted by Gasteiger charge is 2.35. The molecule has 1 saturated carbocycles. The van der Waals surface area contributed by atoms with E-state index in [9.17, 15) is 8.42 Å². The van der Waals surface area contributed by atoms with Crippen LogP contribution in [-0.4, -0.2) is 82.5 Å². The molecule has 2 saturated heterocycles. The fraction of sp³-hybridized carbons (Fsp3) is 1.00. The number of hydrogen-bond donors (Lipinski definition) is 0. The molecule has 0 aromatic heterocycles. The van der Waals surface area contributed by atoms with E-state index < -0.39 is 10.0 Å². The summed E-state index contributed by atoms with van der Waals surface area (Å²) in [6, 6.07) is 0. The van der Waals surface area contributed by atoms with Crippen molar-refractivity contribution in [1.29, 1.82) is 0 Å². The molecular formula is C15H28N2O4S. The molecule has 6 nitrogen and oxygen atoms in total. The molecule has 2 heterocycles. The van der Waals surface area contributed by atoms with E-state index in [2.05, 4.69) is 11.9 Å². The molecule has 128 valence electrons. The molecule has 0 bridgehead atoms. The van der Waals surface area contributed by atoms with Crippen LogP contribution >= 0.6 is 0 Å². The summed E-state index contributed by atoms with van der Waals surface area (Å²) < 4.78 is 38.4. The van der Waals surface area contributed by atoms with Crippen molar-refractivity contribution in [1.82, 2.24) is 9.21 Å². The Morgan fingerprint density at radius 1 is 1.14 bits per heavy atom. The van der Waals surface area contributed by atoms with E-state index in [0.717, 1.165) is 32.4 Å². The number of hydrogen-bond acceptors (Lipinski definition) is 5. The number of morpholine rings is 1. The van der Waals surface area contributed by atoms with Gasteiger partial charge < -0.3 is 14.4 Å². The molecule has 1 aliphatic carbocycles. The average Bonchev–Trinajstić information content (AvgIpc) is 3.13. The third-order valence-electron chi connectivity index (χ3n) is 4.77. The molecule has 2 aliphatic heterocycles. The van der Waals surface area contributed by atoms with Crippen LogP contribution in [-0.2, 0) is 19.5 Å². The molecular weight excluding hydrogens is 304 g/mol. The minimum absolute atomic E-state index is 0.00731. The second-order valence-electron chi connectivity index (χ2n) is 7.02. The molecule has 22 heavy (non-hydrogen) atoms. The number of sulfonamides is 1. The summed E-state index contributed by atoms with van der Waals surface area (Å²) in [6.45, 7) is 4.86. The highest BCUT2D eigenvalue weighted by molar-refractivity contribution is 7.89. The van der Waals surface area contributed by atoms with E-state index in [-0.39, 0.29) is 17.8 Å². The van der Waals surface area contributed by atoms with Gasteiger partial charge in [0.25, 0.3) is 0 Å². The fourth-order valence-corrected chi connectivity index (χ4v) is 5.11. The third kappa shape index (κ3) is 4.64. The van der Waals surface area contributed by atoms with Gasteiger partial charge in [-0.1, -0.05) is 0 Å². The average molecular weight is 332 g/mol. The molecule has 2 atom stereocenters. The maximum atomic E-state index is 12.8. The van der Waals surface area contributed by atoms with E-state index in [1.807, 2.05) is 0 Å². The minimum Gasteiger partial charge on any atom is -0.381 e. The SMILES string of the molecule is CN1CCOC(CN(CC2CC2)S(=O)(=O)CC2CCOC2)C1. The van der Waals surface area contributed by atoms with Gasteiger partial charge in [-0.3, -0.25) is 0 Å². The quantitative estimate of drug-likeness (QED) is 0.675. The first-order valence-corrected chi connectivity index (χ1v) is 9.99. The van der Waals surface area contributed by atoms with Crippen LogP contribution < -0.4 is 0 Å². The topological polar surface area (TPSA) is 59.1 Å². The Kier molecular flexibility index (Phi) is 5.39. The zero-order valence-electron chi connectivity index (χ0n) is 13.4. The molecule has 0 N–H and O–H groups in total. The molecule has 7 heteroatoms. The second-order valence-corrected chi connectivity index (χ2v) is 9.04. The predicted molar refractivity (Wildman–Crippen MR) is 84.2 cm³/mol. The first-order chi connectivity index (χ1) is 10.5. The molecule has 0 amide bonds. The van der Waals surface area contributed by atoms with Crippen molar-refractivity contribution < 1.29 is 17.9 Å². The van der Waals surface area contributed by atoms with Crippen molar-refractivity contribution in [2.75, 3.05) is 58.8 Å². The van der Waals surface area contributed by atoms with Crippen molar-refractivity contribution in [3.05, 3.63) is 0 Å². The highest BCUT2D eigenvalue weighted by Crippen LogP contribution is 2.31. The Labute approximate surface area is 133 Å². The zero-order valence-corrected chi connectivity index (χ0v) is 14.3. The lowest BCUT2D eigenvalue weighted by Crippen LogP contribution is -2.48. The van der Waals surface area contributed by atoms with Gasteiger partial charge in [0.2, 0.25) is 10.0 Å². The second kappa shape index (κ2) is 7.13. The van der Waals surface area contributed by atoms with Crippen molar-refractivity contribution in [2.24, 2.45) is 11.8 Å². The van der Waals surface area contributed by atoms with E-state index in [0.29, 0.717) is 38.8 Å². The van der Waals surface area contributed by atoms with Crippen molar-refractivity contribution in [3.8, 4) is 0 Å². The van der Waals surface area contributed by atoms with E-state index in [1.54, 1.807) is 4.31 Å². The van der Waals surface area contributed by atoms with Gasteiger partial charge in [0.1, 0.15) is 0 Å². The van der Waals surface area contributed by atoms with E-state index >= 15 is 0 Å². The lowest BCUT2D eigenvalue weighted by atomic mass is 10.2. The summed E-state index contributed by atoms with van der Waals surface area (Å²) in [4.78, 5) is 2.21. The molecule has 3 fully saturated rings. The lowest BCUT2D eigenvalue weighted by molar-refractivity contribution is -0.0268. The van der Waals surface area contributed by atoms with Crippen LogP contribution in [0.2, 0.25) is 0 Å². The zero-order chi connectivity index (χ0) is 15.6. The number of rotatable bonds is 7. The van der Waals surface area contributed by atoms with Gasteiger partial charge in [0, 0.05) is 32.8 Å². The van der Waals surface area contributed by atoms with Crippen LogP contribution in [0.25, 0.3) is 0 Å². The van der Waals surface area contributed by atoms with E-state index in [4.69, 9.17) is 9.47 Å². The van der Waals surface area contributed by atoms with Crippen LogP contribution in [0.3, 0.4) is 0 Å². The normalized spacial score (nSPS) is 31.0. The molecule has 3 rings (SSSR count). The van der Waals surface area contributed by atoms with Crippen LogP contribution in [0, 0.1) is 11.8 Å². The van der Waals surface area contributed by atoms with Crippen molar-refractivity contribution in [2.45, 2.75) is 25.4 Å². The standard InChI is InChI=1S/C15H28N2O4S/c1-16-5-7-21-15(9-16)10-17(8-13-2-3-13)22(18,19)12-14-4-6-20-11-14/h13-15H,2-12H2,1H3. The summed E-state index contributed by atoms with van der Waals surface area (Å²) in [5.74, 6) is 0.931. The van der Waals surface area contributed by atoms with Gasteiger partial charge in [-0.15, -0.1) is 0 Å². The number of likely N-dealkylation sites (N-methyl/N-ethyl adjacent to an activating group) is 1. The smallest absolute Gasteiger partial charge is 0.214 e. The van der Waals surface area contributed by atoms with Gasteiger partial charge in [-0.2, -0.15) is 4.31 Å². The first kappa shape index (κ1) is 16.6. The largest absolute Gasteiger partial charge is 0.381 e. The van der Waals surface area contributed by atoms with Crippen LogP contribution in [0.15, 0.2) is 0 Å². The Balaban J connectivity index is 1.62. The Bertz CT molecular complexity index is 460. The van der Waals surface area contributed by atoms with Gasteiger partial charge in [0.05, 0.1) is 25.1 Å². The van der Waals surface area contributed by atoms with Crippen molar-refractivity contribution >= 4 is 10.0 Å². The predicted octanol–water partition coefficient (Wildman–Crippen LogP) is 0.395. The monoisotopic (exact) mass is 332 g/mol. The Hall–Kier alpha value is -0.210. The van der Waals surface area contributed by atoms with Crippen LogP contribution in [0.5, 0.6) is 0 Å². The summed E-state index contributed by atoms with van der Waals surface area (Å²) in [6.07, 6.45) is 3.17. The van der Waals surface area contributed by atoms with Crippen molar-refractivity contribution in [3.63, 3.8) is 0 Å². The molecule has 0 aromatic carbocycles. The number of nitrogens with zero attached hydrogens (tertiary/aromatic N) is 2. The molecule has 0 spiro atoms. The van der Waals surface area contributed by atoms with Gasteiger partial charge in [0.15, 0.2) is 0 Å². The molecule has 3 aliphatic rings. The molecule has 2 unspecified atom stereocenters. The van der Waals surface area contributed by atoms with Gasteiger partial charge in [-0.25, -0.2) is 8.42 Å².